The fraction of sp³-hybridized carbons (Fsp3) is 0.417. The summed E-state index contributed by atoms with van der Waals surface area (Å²) in [6.45, 7) is 9.42. The lowest BCUT2D eigenvalue weighted by Gasteiger charge is -2.24. The molecule has 1 heterocycles. The summed E-state index contributed by atoms with van der Waals surface area (Å²) < 4.78 is 65.2. The van der Waals surface area contributed by atoms with Crippen molar-refractivity contribution in [2.24, 2.45) is 0 Å². The van der Waals surface area contributed by atoms with Crippen LogP contribution in [0.3, 0.4) is 0 Å². The molecule has 37 heavy (non-hydrogen) atoms. The van der Waals surface area contributed by atoms with Crippen LogP contribution in [0.2, 0.25) is 0 Å². The van der Waals surface area contributed by atoms with E-state index in [1.165, 1.54) is 12.1 Å². The van der Waals surface area contributed by atoms with Crippen LogP contribution in [0.5, 0.6) is 0 Å². The van der Waals surface area contributed by atoms with Gasteiger partial charge in [0.2, 0.25) is 5.91 Å². The third-order valence-corrected chi connectivity index (χ3v) is 4.30. The number of benzene rings is 1. The van der Waals surface area contributed by atoms with Crippen molar-refractivity contribution < 1.29 is 41.4 Å². The van der Waals surface area contributed by atoms with E-state index in [0.717, 1.165) is 12.1 Å². The van der Waals surface area contributed by atoms with E-state index < -0.39 is 64.4 Å². The number of ether oxygens (including phenoxy) is 2. The van der Waals surface area contributed by atoms with Gasteiger partial charge in [0, 0.05) is 5.69 Å². The van der Waals surface area contributed by atoms with Crippen LogP contribution in [0.15, 0.2) is 24.3 Å². The van der Waals surface area contributed by atoms with Gasteiger partial charge in [-0.15, -0.1) is 0 Å². The van der Waals surface area contributed by atoms with Gasteiger partial charge in [-0.05, 0) is 59.2 Å². The second kappa shape index (κ2) is 11.4. The Morgan fingerprint density at radius 2 is 1.32 bits per heavy atom. The summed E-state index contributed by atoms with van der Waals surface area (Å²) in [4.78, 5) is 39.6. The highest BCUT2D eigenvalue weighted by atomic mass is 19.2. The molecule has 0 bridgehead atoms. The maximum atomic E-state index is 14.0. The van der Waals surface area contributed by atoms with E-state index in [4.69, 9.17) is 9.47 Å². The minimum absolute atomic E-state index is 0.109. The maximum Gasteiger partial charge on any atom is 0.408 e. The van der Waals surface area contributed by atoms with Crippen molar-refractivity contribution >= 4 is 23.8 Å². The van der Waals surface area contributed by atoms with Crippen LogP contribution in [0.4, 0.5) is 32.8 Å². The van der Waals surface area contributed by atoms with Crippen molar-refractivity contribution in [2.45, 2.75) is 58.8 Å². The van der Waals surface area contributed by atoms with Crippen molar-refractivity contribution in [1.82, 2.24) is 15.6 Å². The number of hydrogen-bond acceptors (Lipinski definition) is 6. The van der Waals surface area contributed by atoms with Crippen LogP contribution in [-0.2, 0) is 14.3 Å². The molecule has 1 aromatic carbocycles. The number of halogens is 4. The van der Waals surface area contributed by atoms with Gasteiger partial charge in [-0.25, -0.2) is 18.4 Å². The summed E-state index contributed by atoms with van der Waals surface area (Å²) in [5, 5.41) is 7.18. The standard InChI is InChI=1S/C24H28F4N4O5/c1-23(2,3)36-21(34)29-11-14(31-22(35)37-24(4,5)6)20(33)30-13-9-7-12(8-10-13)15-16(25)18(27)32-19(28)17(15)26/h7-10,14H,11H2,1-6H3,(H,29,34)(H,30,33)(H,31,35). The van der Waals surface area contributed by atoms with Gasteiger partial charge in [0.25, 0.3) is 11.9 Å². The normalized spacial score (nSPS) is 12.4. The first-order valence-corrected chi connectivity index (χ1v) is 11.0. The van der Waals surface area contributed by atoms with Crippen molar-refractivity contribution in [3.63, 3.8) is 0 Å². The molecule has 9 nitrogen and oxygen atoms in total. The molecule has 0 spiro atoms. The molecule has 3 N–H and O–H groups in total. The molecule has 2 aromatic rings. The summed E-state index contributed by atoms with van der Waals surface area (Å²) >= 11 is 0. The van der Waals surface area contributed by atoms with E-state index in [9.17, 15) is 31.9 Å². The zero-order chi connectivity index (χ0) is 28.1. The van der Waals surface area contributed by atoms with E-state index >= 15 is 0 Å². The molecule has 13 heteroatoms. The van der Waals surface area contributed by atoms with Crippen LogP contribution in [0.1, 0.15) is 41.5 Å². The Hall–Kier alpha value is -3.90. The molecule has 0 radical (unpaired) electrons. The van der Waals surface area contributed by atoms with Gasteiger partial charge in [0.1, 0.15) is 17.2 Å². The van der Waals surface area contributed by atoms with Crippen LogP contribution in [0.25, 0.3) is 11.1 Å². The fourth-order valence-corrected chi connectivity index (χ4v) is 2.85. The van der Waals surface area contributed by atoms with Gasteiger partial charge in [-0.2, -0.15) is 13.8 Å². The number of rotatable bonds is 6. The monoisotopic (exact) mass is 528 g/mol. The highest BCUT2D eigenvalue weighted by Gasteiger charge is 2.27. The first-order chi connectivity index (χ1) is 17.0. The zero-order valence-corrected chi connectivity index (χ0v) is 21.1. The average molecular weight is 529 g/mol. The number of alkyl carbamates (subject to hydrolysis) is 2. The Morgan fingerprint density at radius 1 is 0.838 bits per heavy atom. The molecule has 0 aliphatic carbocycles. The zero-order valence-electron chi connectivity index (χ0n) is 21.1. The van der Waals surface area contributed by atoms with Gasteiger partial charge in [0.15, 0.2) is 11.6 Å². The van der Waals surface area contributed by atoms with Gasteiger partial charge >= 0.3 is 12.2 Å². The largest absolute Gasteiger partial charge is 0.444 e. The lowest BCUT2D eigenvalue weighted by Crippen LogP contribution is -2.52. The topological polar surface area (TPSA) is 119 Å². The predicted molar refractivity (Wildman–Crippen MR) is 126 cm³/mol. The fourth-order valence-electron chi connectivity index (χ4n) is 2.85. The minimum Gasteiger partial charge on any atom is -0.444 e. The lowest BCUT2D eigenvalue weighted by atomic mass is 10.1. The number of carbonyl (C=O) groups is 3. The number of carbonyl (C=O) groups excluding carboxylic acids is 3. The first-order valence-electron chi connectivity index (χ1n) is 11.0. The Morgan fingerprint density at radius 3 is 1.81 bits per heavy atom. The van der Waals surface area contributed by atoms with Gasteiger partial charge in [0.05, 0.1) is 12.1 Å². The first kappa shape index (κ1) is 29.3. The summed E-state index contributed by atoms with van der Waals surface area (Å²) in [7, 11) is 0. The Kier molecular flexibility index (Phi) is 9.07. The van der Waals surface area contributed by atoms with E-state index in [1.807, 2.05) is 0 Å². The van der Waals surface area contributed by atoms with Gasteiger partial charge in [-0.3, -0.25) is 4.79 Å². The molecule has 0 saturated heterocycles. The van der Waals surface area contributed by atoms with Gasteiger partial charge in [-0.1, -0.05) is 12.1 Å². The molecule has 1 unspecified atom stereocenters. The molecular formula is C24H28F4N4O5. The molecule has 0 aliphatic rings. The smallest absolute Gasteiger partial charge is 0.408 e. The van der Waals surface area contributed by atoms with E-state index in [2.05, 4.69) is 20.9 Å². The summed E-state index contributed by atoms with van der Waals surface area (Å²) in [6.07, 6.45) is -1.76. The van der Waals surface area contributed by atoms with Crippen molar-refractivity contribution in [3.05, 3.63) is 47.8 Å². The quantitative estimate of drug-likeness (QED) is 0.371. The van der Waals surface area contributed by atoms with Crippen LogP contribution >= 0.6 is 0 Å². The highest BCUT2D eigenvalue weighted by molar-refractivity contribution is 5.97. The maximum absolute atomic E-state index is 14.0. The molecule has 1 atom stereocenters. The van der Waals surface area contributed by atoms with E-state index in [1.54, 1.807) is 41.5 Å². The summed E-state index contributed by atoms with van der Waals surface area (Å²) in [6, 6.07) is 3.35. The highest BCUT2D eigenvalue weighted by Crippen LogP contribution is 2.29. The van der Waals surface area contributed by atoms with E-state index in [-0.39, 0.29) is 17.8 Å². The third-order valence-electron chi connectivity index (χ3n) is 4.30. The number of amides is 3. The molecule has 0 aliphatic heterocycles. The lowest BCUT2D eigenvalue weighted by molar-refractivity contribution is -0.118. The van der Waals surface area contributed by atoms with E-state index in [0.29, 0.717) is 0 Å². The molecular weight excluding hydrogens is 500 g/mol. The van der Waals surface area contributed by atoms with Crippen molar-refractivity contribution in [3.8, 4) is 11.1 Å². The molecule has 202 valence electrons. The molecule has 1 aromatic heterocycles. The second-order valence-electron chi connectivity index (χ2n) is 9.84. The SMILES string of the molecule is CC(C)(C)OC(=O)NCC(NC(=O)OC(C)(C)C)C(=O)Nc1ccc(-c2c(F)c(F)nc(F)c2F)cc1. The molecule has 2 rings (SSSR count). The summed E-state index contributed by atoms with van der Waals surface area (Å²) in [5.41, 5.74) is -2.74. The number of hydrogen-bond donors (Lipinski definition) is 3. The number of anilines is 1. The Balaban J connectivity index is 2.20. The van der Waals surface area contributed by atoms with Crippen LogP contribution in [0, 0.1) is 23.5 Å². The van der Waals surface area contributed by atoms with Crippen molar-refractivity contribution in [2.75, 3.05) is 11.9 Å². The number of pyridine rings is 1. The average Bonchev–Trinajstić information content (AvgIpc) is 2.74. The Bertz CT molecular complexity index is 1140. The molecule has 0 saturated carbocycles. The van der Waals surface area contributed by atoms with Crippen molar-refractivity contribution in [1.29, 1.82) is 0 Å². The summed E-state index contributed by atoms with van der Waals surface area (Å²) in [5.74, 6) is -7.75. The van der Waals surface area contributed by atoms with Crippen LogP contribution < -0.4 is 16.0 Å². The third kappa shape index (κ3) is 8.92. The number of nitrogens with one attached hydrogen (secondary N) is 3. The number of aromatic nitrogens is 1. The Labute approximate surface area is 210 Å². The van der Waals surface area contributed by atoms with Crippen LogP contribution in [-0.4, -0.2) is 46.9 Å². The predicted octanol–water partition coefficient (Wildman–Crippen LogP) is 4.66. The second-order valence-corrected chi connectivity index (χ2v) is 9.84. The minimum atomic E-state index is -1.81. The molecule has 3 amide bonds. The number of nitrogens with zero attached hydrogens (tertiary/aromatic N) is 1. The molecule has 0 fully saturated rings. The van der Waals surface area contributed by atoms with Gasteiger partial charge < -0.3 is 25.4 Å².